The average Bonchev–Trinajstić information content (AvgIpc) is 4.21. The van der Waals surface area contributed by atoms with Crippen LogP contribution in [0.15, 0.2) is 44.3 Å². The zero-order chi connectivity index (χ0) is 62.9. The van der Waals surface area contributed by atoms with E-state index >= 15 is 0 Å². The minimum Gasteiger partial charge on any atom is -0.466 e. The summed E-state index contributed by atoms with van der Waals surface area (Å²) in [5.41, 5.74) is 2.83. The van der Waals surface area contributed by atoms with Gasteiger partial charge in [-0.05, 0) is 112 Å². The van der Waals surface area contributed by atoms with E-state index in [1.807, 2.05) is 55.4 Å². The Morgan fingerprint density at radius 2 is 1.04 bits per heavy atom. The molecular formula is C56H80BrF12N9OS2. The Kier molecular flexibility index (Phi) is 30.6. The first-order valence-electron chi connectivity index (χ1n) is 25.9. The number of nitrogens with zero attached hydrogens (tertiary/aromatic N) is 9. The second kappa shape index (κ2) is 33.4. The number of furan rings is 1. The highest BCUT2D eigenvalue weighted by Gasteiger charge is 2.35. The number of aromatic nitrogens is 9. The van der Waals surface area contributed by atoms with Crippen LogP contribution in [0.3, 0.4) is 0 Å². The van der Waals surface area contributed by atoms with Crippen LogP contribution in [0, 0.1) is 26.7 Å². The van der Waals surface area contributed by atoms with Gasteiger partial charge in [0.2, 0.25) is 5.95 Å². The zero-order valence-corrected chi connectivity index (χ0v) is 53.2. The van der Waals surface area contributed by atoms with Gasteiger partial charge in [0.1, 0.15) is 28.6 Å². The molecule has 0 aliphatic carbocycles. The molecule has 0 N–H and O–H groups in total. The van der Waals surface area contributed by atoms with E-state index in [0.29, 0.717) is 38.5 Å². The SMILES string of the molecule is CC(C)c1c(C(F)F)nn(C)c1F.CC(C)c1ccsc1Br.CC(C)c1cn(C)cc1C(F)(F)F.CC(C)c1cn(C)nc1C(F)F.CC(C)c1nn(C)nc1C(F)F.Cc1cc(C(C)C)c(C)o1.Cc1nc(C(F)F)c(C(C)C)s1. The topological polar surface area (TPSA) is 97.3 Å². The monoisotopic (exact) mass is 1270 g/mol. The van der Waals surface area contributed by atoms with Gasteiger partial charge in [-0.25, -0.2) is 44.8 Å². The Labute approximate surface area is 485 Å². The van der Waals surface area contributed by atoms with Gasteiger partial charge >= 0.3 is 6.18 Å². The van der Waals surface area contributed by atoms with E-state index in [1.54, 1.807) is 66.2 Å². The van der Waals surface area contributed by atoms with E-state index in [4.69, 9.17) is 4.42 Å². The van der Waals surface area contributed by atoms with E-state index in [-0.39, 0.29) is 52.2 Å². The molecule has 0 saturated heterocycles. The number of thiazole rings is 1. The Hall–Kier alpha value is -4.91. The molecule has 0 aromatic carbocycles. The number of halogens is 13. The number of rotatable bonds is 11. The predicted octanol–water partition coefficient (Wildman–Crippen LogP) is 20.3. The van der Waals surface area contributed by atoms with Crippen LogP contribution in [0.1, 0.15) is 247 Å². The molecule has 0 amide bonds. The Bertz CT molecular complexity index is 2710. The van der Waals surface area contributed by atoms with E-state index in [1.165, 1.54) is 60.6 Å². The smallest absolute Gasteiger partial charge is 0.418 e. The highest BCUT2D eigenvalue weighted by atomic mass is 79.9. The molecule has 458 valence electrons. The van der Waals surface area contributed by atoms with Crippen molar-refractivity contribution < 1.29 is 57.1 Å². The number of aryl methyl sites for hydroxylation is 7. The van der Waals surface area contributed by atoms with Crippen molar-refractivity contribution in [2.24, 2.45) is 28.2 Å². The van der Waals surface area contributed by atoms with Crippen molar-refractivity contribution in [3.05, 3.63) is 129 Å². The number of thiophene rings is 1. The number of hydrogen-bond donors (Lipinski definition) is 0. The lowest BCUT2D eigenvalue weighted by molar-refractivity contribution is -0.138. The van der Waals surface area contributed by atoms with Crippen molar-refractivity contribution >= 4 is 38.6 Å². The molecule has 0 aliphatic heterocycles. The van der Waals surface area contributed by atoms with Crippen LogP contribution in [0.5, 0.6) is 0 Å². The van der Waals surface area contributed by atoms with Crippen LogP contribution < -0.4 is 0 Å². The highest BCUT2D eigenvalue weighted by Crippen LogP contribution is 2.37. The molecular weight excluding hydrogens is 1190 g/mol. The molecule has 0 saturated carbocycles. The minimum absolute atomic E-state index is 0.0114. The fourth-order valence-corrected chi connectivity index (χ4v) is 10.3. The largest absolute Gasteiger partial charge is 0.466 e. The van der Waals surface area contributed by atoms with E-state index < -0.39 is 49.1 Å². The Balaban J connectivity index is 0.000000474. The van der Waals surface area contributed by atoms with Crippen molar-refractivity contribution in [1.82, 2.24) is 44.1 Å². The maximum atomic E-state index is 13.2. The summed E-state index contributed by atoms with van der Waals surface area (Å²) in [4.78, 5) is 5.69. The molecule has 10 nitrogen and oxygen atoms in total. The average molecular weight is 1270 g/mol. The molecule has 0 spiro atoms. The van der Waals surface area contributed by atoms with Gasteiger partial charge in [0, 0.05) is 62.8 Å². The van der Waals surface area contributed by atoms with Crippen LogP contribution in [0.25, 0.3) is 0 Å². The van der Waals surface area contributed by atoms with Crippen molar-refractivity contribution in [3.8, 4) is 0 Å². The summed E-state index contributed by atoms with van der Waals surface area (Å²) in [5, 5.41) is 17.4. The molecule has 7 rings (SSSR count). The second-order valence-corrected chi connectivity index (χ2v) is 24.4. The number of hydrogen-bond acceptors (Lipinski definition) is 8. The minimum atomic E-state index is -4.24. The highest BCUT2D eigenvalue weighted by molar-refractivity contribution is 9.11. The van der Waals surface area contributed by atoms with Gasteiger partial charge in [-0.1, -0.05) is 96.9 Å². The molecule has 7 aromatic rings. The molecule has 0 fully saturated rings. The quantitative estimate of drug-likeness (QED) is 0.120. The standard InChI is InChI=1S/C9H12F3N.C9H14O.C8H11F3N2.C8H12F2N2.C8H11F2NS.C7H9BrS.C7H11F2N3/c1-6(2)7-4-13(3)5-8(7)9(10,11)12;1-6(2)9-5-7(3)10-8(9)4;1-4(2)5-6(7(9)10)12-13(3)8(5)11;1-5(2)6-4-12(3)11-7(6)8(9)10;1-4(2)7-6(8(9)10)11-5(3)12-7;1-5(2)6-3-4-9-7(6)8;1-4(2)5-6(7(8)9)11-12(3)10-5/h4-6H,1-3H3;5-6H,1-4H3;4,7H,1-3H3;4-5,8H,1-3H3;4,8H,1-3H3;3-5H,1-2H3;4,7H,1-3H3. The van der Waals surface area contributed by atoms with Gasteiger partial charge < -0.3 is 8.98 Å². The molecule has 0 radical (unpaired) electrons. The van der Waals surface area contributed by atoms with Crippen LogP contribution in [0.4, 0.5) is 52.7 Å². The normalized spacial score (nSPS) is 11.6. The molecule has 0 aliphatic rings. The Morgan fingerprint density at radius 3 is 1.33 bits per heavy atom. The van der Waals surface area contributed by atoms with Crippen molar-refractivity contribution in [3.63, 3.8) is 0 Å². The maximum absolute atomic E-state index is 13.2. The van der Waals surface area contributed by atoms with Crippen molar-refractivity contribution in [2.75, 3.05) is 0 Å². The van der Waals surface area contributed by atoms with E-state index in [0.717, 1.165) is 22.4 Å². The molecule has 0 unspecified atom stereocenters. The van der Waals surface area contributed by atoms with Gasteiger partial charge in [0.15, 0.2) is 5.69 Å². The van der Waals surface area contributed by atoms with Crippen molar-refractivity contribution in [2.45, 2.75) is 191 Å². The van der Waals surface area contributed by atoms with Gasteiger partial charge in [-0.15, -0.1) is 22.7 Å². The van der Waals surface area contributed by atoms with Crippen LogP contribution in [-0.4, -0.2) is 44.1 Å². The maximum Gasteiger partial charge on any atom is 0.418 e. The third-order valence-electron chi connectivity index (χ3n) is 11.5. The molecule has 0 bridgehead atoms. The van der Waals surface area contributed by atoms with Crippen LogP contribution in [0.2, 0.25) is 0 Å². The van der Waals surface area contributed by atoms with Crippen LogP contribution >= 0.6 is 38.6 Å². The van der Waals surface area contributed by atoms with Gasteiger partial charge in [0.25, 0.3) is 25.7 Å². The summed E-state index contributed by atoms with van der Waals surface area (Å²) in [6.45, 7) is 32.5. The summed E-state index contributed by atoms with van der Waals surface area (Å²) >= 11 is 6.59. The lowest BCUT2D eigenvalue weighted by Crippen LogP contribution is -2.07. The summed E-state index contributed by atoms with van der Waals surface area (Å²) < 4.78 is 159. The first kappa shape index (κ1) is 74.1. The first-order valence-corrected chi connectivity index (χ1v) is 28.4. The third kappa shape index (κ3) is 23.3. The third-order valence-corrected chi connectivity index (χ3v) is 14.5. The molecule has 0 atom stereocenters. The van der Waals surface area contributed by atoms with E-state index in [2.05, 4.69) is 86.5 Å². The van der Waals surface area contributed by atoms with Gasteiger partial charge in [0.05, 0.1) is 20.1 Å². The lowest BCUT2D eigenvalue weighted by Gasteiger charge is -2.09. The van der Waals surface area contributed by atoms with Gasteiger partial charge in [-0.2, -0.15) is 42.8 Å². The van der Waals surface area contributed by atoms with Gasteiger partial charge in [-0.3, -0.25) is 4.68 Å². The fourth-order valence-electron chi connectivity index (χ4n) is 7.65. The predicted molar refractivity (Wildman–Crippen MR) is 303 cm³/mol. The van der Waals surface area contributed by atoms with Crippen LogP contribution in [-0.2, 0) is 34.4 Å². The summed E-state index contributed by atoms with van der Waals surface area (Å²) in [6.07, 6.45) is -10.1. The lowest BCUT2D eigenvalue weighted by atomic mass is 10.0. The first-order chi connectivity index (χ1) is 37.2. The molecule has 25 heteroatoms. The summed E-state index contributed by atoms with van der Waals surface area (Å²) in [6, 6.07) is 4.28. The molecule has 81 heavy (non-hydrogen) atoms. The zero-order valence-electron chi connectivity index (χ0n) is 50.0. The molecule has 7 heterocycles. The van der Waals surface area contributed by atoms with Crippen molar-refractivity contribution in [1.29, 1.82) is 0 Å². The fraction of sp³-hybridized carbons (Fsp3) is 0.589. The summed E-state index contributed by atoms with van der Waals surface area (Å²) in [7, 11) is 6.10. The van der Waals surface area contributed by atoms with E-state index in [9.17, 15) is 52.7 Å². The Morgan fingerprint density at radius 1 is 0.543 bits per heavy atom. The summed E-state index contributed by atoms with van der Waals surface area (Å²) in [5.74, 6) is 2.48. The number of alkyl halides is 11. The second-order valence-electron chi connectivity index (χ2n) is 20.9. The molecule has 7 aromatic heterocycles.